The third-order valence-corrected chi connectivity index (χ3v) is 3.17. The summed E-state index contributed by atoms with van der Waals surface area (Å²) in [5, 5.41) is 2.84. The van der Waals surface area contributed by atoms with Crippen LogP contribution in [0, 0.1) is 0 Å². The van der Waals surface area contributed by atoms with Gasteiger partial charge in [0.1, 0.15) is 6.04 Å². The molecule has 12 heavy (non-hydrogen) atoms. The average molecular weight is 192 g/mol. The van der Waals surface area contributed by atoms with Crippen LogP contribution in [0.3, 0.4) is 0 Å². The molecule has 68 valence electrons. The topological polar surface area (TPSA) is 86.7 Å². The van der Waals surface area contributed by atoms with Gasteiger partial charge in [-0.25, -0.2) is 4.31 Å². The first-order chi connectivity index (χ1) is 5.52. The summed E-state index contributed by atoms with van der Waals surface area (Å²) in [6.45, 7) is 0.618. The Labute approximate surface area is 69.4 Å². The SMILES string of the molecule is O=C1C2NCC[C@H]2N1S(=O)(=O)O. The second-order valence-electron chi connectivity index (χ2n) is 2.90. The molecule has 2 atom stereocenters. The van der Waals surface area contributed by atoms with Crippen molar-refractivity contribution in [2.75, 3.05) is 6.54 Å². The normalized spacial score (nSPS) is 34.8. The van der Waals surface area contributed by atoms with E-state index in [4.69, 9.17) is 4.55 Å². The monoisotopic (exact) mass is 192 g/mol. The Balaban J connectivity index is 2.26. The molecule has 6 nitrogen and oxygen atoms in total. The summed E-state index contributed by atoms with van der Waals surface area (Å²) in [6, 6.07) is -0.764. The first-order valence-electron chi connectivity index (χ1n) is 3.56. The largest absolute Gasteiger partial charge is 0.362 e. The average Bonchev–Trinajstić information content (AvgIpc) is 2.27. The lowest BCUT2D eigenvalue weighted by Gasteiger charge is -2.39. The van der Waals surface area contributed by atoms with Crippen molar-refractivity contribution >= 4 is 16.2 Å². The maximum atomic E-state index is 11.0. The van der Waals surface area contributed by atoms with Gasteiger partial charge in [0.15, 0.2) is 0 Å². The molecule has 0 aromatic heterocycles. The molecule has 1 amide bonds. The first kappa shape index (κ1) is 7.96. The maximum absolute atomic E-state index is 11.0. The van der Waals surface area contributed by atoms with Crippen molar-refractivity contribution in [1.82, 2.24) is 9.62 Å². The summed E-state index contributed by atoms with van der Waals surface area (Å²) in [4.78, 5) is 11.0. The Morgan fingerprint density at radius 1 is 1.58 bits per heavy atom. The van der Waals surface area contributed by atoms with Crippen LogP contribution in [0.15, 0.2) is 0 Å². The van der Waals surface area contributed by atoms with E-state index in [0.29, 0.717) is 17.3 Å². The minimum Gasteiger partial charge on any atom is -0.304 e. The van der Waals surface area contributed by atoms with Crippen LogP contribution in [0.25, 0.3) is 0 Å². The van der Waals surface area contributed by atoms with Crippen molar-refractivity contribution in [2.45, 2.75) is 18.5 Å². The zero-order valence-electron chi connectivity index (χ0n) is 6.10. The smallest absolute Gasteiger partial charge is 0.304 e. The highest BCUT2D eigenvalue weighted by Gasteiger charge is 2.55. The highest BCUT2D eigenvalue weighted by atomic mass is 32.2. The van der Waals surface area contributed by atoms with E-state index in [1.165, 1.54) is 0 Å². The van der Waals surface area contributed by atoms with Crippen molar-refractivity contribution in [3.8, 4) is 0 Å². The van der Waals surface area contributed by atoms with Crippen LogP contribution in [0.1, 0.15) is 6.42 Å². The second-order valence-corrected chi connectivity index (χ2v) is 4.19. The summed E-state index contributed by atoms with van der Waals surface area (Å²) in [6.07, 6.45) is 0.580. The summed E-state index contributed by atoms with van der Waals surface area (Å²) in [7, 11) is -4.33. The molecule has 2 saturated heterocycles. The van der Waals surface area contributed by atoms with E-state index in [2.05, 4.69) is 5.32 Å². The number of hydrogen-bond acceptors (Lipinski definition) is 4. The minimum absolute atomic E-state index is 0.368. The number of rotatable bonds is 1. The van der Waals surface area contributed by atoms with Gasteiger partial charge in [-0.05, 0) is 13.0 Å². The summed E-state index contributed by atoms with van der Waals surface area (Å²) in [5.74, 6) is -0.556. The molecular formula is C5H8N2O4S. The van der Waals surface area contributed by atoms with Crippen molar-refractivity contribution in [2.24, 2.45) is 0 Å². The molecule has 0 aromatic rings. The van der Waals surface area contributed by atoms with Gasteiger partial charge in [-0.3, -0.25) is 9.35 Å². The van der Waals surface area contributed by atoms with E-state index in [9.17, 15) is 13.2 Å². The molecule has 0 bridgehead atoms. The maximum Gasteiger partial charge on any atom is 0.362 e. The van der Waals surface area contributed by atoms with Crippen molar-refractivity contribution < 1.29 is 17.8 Å². The van der Waals surface area contributed by atoms with E-state index >= 15 is 0 Å². The van der Waals surface area contributed by atoms with Crippen LogP contribution in [0.2, 0.25) is 0 Å². The molecule has 2 heterocycles. The molecule has 2 N–H and O–H groups in total. The fourth-order valence-electron chi connectivity index (χ4n) is 1.70. The number of amides is 1. The second kappa shape index (κ2) is 2.18. The van der Waals surface area contributed by atoms with Crippen molar-refractivity contribution in [3.63, 3.8) is 0 Å². The Morgan fingerprint density at radius 2 is 2.25 bits per heavy atom. The van der Waals surface area contributed by atoms with Crippen LogP contribution in [-0.4, -0.2) is 41.8 Å². The van der Waals surface area contributed by atoms with Gasteiger partial charge in [0.25, 0.3) is 5.91 Å². The Hall–Kier alpha value is -0.660. The molecule has 0 aliphatic carbocycles. The number of β-lactam (4-membered cyclic amide) rings is 1. The molecule has 1 unspecified atom stereocenters. The number of nitrogens with zero attached hydrogens (tertiary/aromatic N) is 1. The molecule has 2 fully saturated rings. The molecule has 2 rings (SSSR count). The zero-order valence-corrected chi connectivity index (χ0v) is 6.91. The van der Waals surface area contributed by atoms with Crippen LogP contribution >= 0.6 is 0 Å². The highest BCUT2D eigenvalue weighted by molar-refractivity contribution is 7.84. The molecular weight excluding hydrogens is 184 g/mol. The number of fused-ring (bicyclic) bond motifs is 1. The van der Waals surface area contributed by atoms with E-state index in [-0.39, 0.29) is 6.04 Å². The van der Waals surface area contributed by atoms with Crippen LogP contribution in [0.5, 0.6) is 0 Å². The van der Waals surface area contributed by atoms with Gasteiger partial charge in [-0.1, -0.05) is 0 Å². The van der Waals surface area contributed by atoms with E-state index in [1.54, 1.807) is 0 Å². The third-order valence-electron chi connectivity index (χ3n) is 2.22. The Kier molecular flexibility index (Phi) is 1.45. The van der Waals surface area contributed by atoms with E-state index in [1.807, 2.05) is 0 Å². The van der Waals surface area contributed by atoms with Gasteiger partial charge >= 0.3 is 10.3 Å². The fraction of sp³-hybridized carbons (Fsp3) is 0.800. The van der Waals surface area contributed by atoms with Crippen LogP contribution in [-0.2, 0) is 15.1 Å². The lowest BCUT2D eigenvalue weighted by Crippen LogP contribution is -2.67. The molecule has 7 heteroatoms. The zero-order chi connectivity index (χ0) is 8.93. The minimum atomic E-state index is -4.33. The summed E-state index contributed by atoms with van der Waals surface area (Å²) >= 11 is 0. The van der Waals surface area contributed by atoms with Crippen molar-refractivity contribution in [3.05, 3.63) is 0 Å². The highest BCUT2D eigenvalue weighted by Crippen LogP contribution is 2.29. The molecule has 0 spiro atoms. The standard InChI is InChI=1S/C5H8N2O4S/c8-5-4-3(1-2-6-4)7(5)12(9,10)11/h3-4,6H,1-2H2,(H,9,10,11)/t3-,4?/m1/s1. The lowest BCUT2D eigenvalue weighted by atomic mass is 10.0. The lowest BCUT2D eigenvalue weighted by molar-refractivity contribution is -0.140. The van der Waals surface area contributed by atoms with Gasteiger partial charge in [0.2, 0.25) is 0 Å². The molecule has 0 saturated carbocycles. The van der Waals surface area contributed by atoms with Gasteiger partial charge in [0.05, 0.1) is 6.04 Å². The van der Waals surface area contributed by atoms with E-state index in [0.717, 1.165) is 0 Å². The van der Waals surface area contributed by atoms with Crippen LogP contribution < -0.4 is 5.32 Å². The van der Waals surface area contributed by atoms with Crippen LogP contribution in [0.4, 0.5) is 0 Å². The molecule has 0 aromatic carbocycles. The summed E-state index contributed by atoms with van der Waals surface area (Å²) in [5.41, 5.74) is 0. The number of hydrogen-bond donors (Lipinski definition) is 2. The molecule has 0 radical (unpaired) electrons. The fourth-order valence-corrected chi connectivity index (χ4v) is 2.61. The Bertz CT molecular complexity index is 324. The Morgan fingerprint density at radius 3 is 2.83 bits per heavy atom. The number of nitrogens with one attached hydrogen (secondary N) is 1. The molecule has 2 aliphatic rings. The quantitative estimate of drug-likeness (QED) is 0.384. The summed E-state index contributed by atoms with van der Waals surface area (Å²) < 4.78 is 30.3. The third kappa shape index (κ3) is 0.869. The van der Waals surface area contributed by atoms with E-state index < -0.39 is 22.3 Å². The van der Waals surface area contributed by atoms with Crippen molar-refractivity contribution in [1.29, 1.82) is 0 Å². The van der Waals surface area contributed by atoms with Gasteiger partial charge < -0.3 is 5.32 Å². The number of carbonyl (C=O) groups is 1. The van der Waals surface area contributed by atoms with Gasteiger partial charge in [-0.15, -0.1) is 0 Å². The predicted octanol–water partition coefficient (Wildman–Crippen LogP) is -1.64. The van der Waals surface area contributed by atoms with Gasteiger partial charge in [0, 0.05) is 0 Å². The van der Waals surface area contributed by atoms with Gasteiger partial charge in [-0.2, -0.15) is 8.42 Å². The first-order valence-corrected chi connectivity index (χ1v) is 4.95. The number of carbonyl (C=O) groups excluding carboxylic acids is 1. The molecule has 2 aliphatic heterocycles. The predicted molar refractivity (Wildman–Crippen MR) is 38.6 cm³/mol.